The fraction of sp³-hybridized carbons (Fsp3) is 0.261. The Bertz CT molecular complexity index is 997. The van der Waals surface area contributed by atoms with Gasteiger partial charge in [-0.3, -0.25) is 4.79 Å². The molecule has 1 amide bonds. The largest absolute Gasteiger partial charge is 0.497 e. The molecule has 30 heavy (non-hydrogen) atoms. The van der Waals surface area contributed by atoms with Gasteiger partial charge in [0.15, 0.2) is 6.61 Å². The van der Waals surface area contributed by atoms with Crippen molar-refractivity contribution in [2.24, 2.45) is 0 Å². The van der Waals surface area contributed by atoms with E-state index in [1.54, 1.807) is 30.1 Å². The number of amides is 1. The topological polar surface area (TPSA) is 82.5 Å². The highest BCUT2D eigenvalue weighted by Crippen LogP contribution is 2.26. The molecule has 0 aliphatic carbocycles. The van der Waals surface area contributed by atoms with Crippen LogP contribution in [0.1, 0.15) is 30.6 Å². The van der Waals surface area contributed by atoms with E-state index in [1.807, 2.05) is 56.3 Å². The summed E-state index contributed by atoms with van der Waals surface area (Å²) in [5, 5.41) is 7.37. The van der Waals surface area contributed by atoms with Gasteiger partial charge in [0, 0.05) is 17.8 Å². The van der Waals surface area contributed by atoms with E-state index in [1.165, 1.54) is 0 Å². The highest BCUT2D eigenvalue weighted by atomic mass is 16.5. The van der Waals surface area contributed by atoms with Gasteiger partial charge < -0.3 is 14.8 Å². The van der Waals surface area contributed by atoms with Gasteiger partial charge in [-0.1, -0.05) is 25.1 Å². The second-order valence-corrected chi connectivity index (χ2v) is 6.85. The van der Waals surface area contributed by atoms with Crippen molar-refractivity contribution in [3.05, 3.63) is 66.4 Å². The predicted octanol–water partition coefficient (Wildman–Crippen LogP) is 3.62. The summed E-state index contributed by atoms with van der Waals surface area (Å²) in [4.78, 5) is 24.8. The van der Waals surface area contributed by atoms with Gasteiger partial charge in [-0.25, -0.2) is 9.48 Å². The minimum atomic E-state index is -0.609. The first-order valence-electron chi connectivity index (χ1n) is 9.77. The van der Waals surface area contributed by atoms with Crippen LogP contribution in [0.2, 0.25) is 0 Å². The molecule has 1 N–H and O–H groups in total. The molecular formula is C23H25N3O4. The molecule has 0 bridgehead atoms. The van der Waals surface area contributed by atoms with E-state index < -0.39 is 5.97 Å². The first-order chi connectivity index (χ1) is 14.5. The van der Waals surface area contributed by atoms with Crippen molar-refractivity contribution in [1.29, 1.82) is 0 Å². The van der Waals surface area contributed by atoms with Crippen molar-refractivity contribution in [2.45, 2.75) is 26.3 Å². The van der Waals surface area contributed by atoms with E-state index >= 15 is 0 Å². The Labute approximate surface area is 175 Å². The normalized spacial score (nSPS) is 11.6. The quantitative estimate of drug-likeness (QED) is 0.577. The first-order valence-corrected chi connectivity index (χ1v) is 9.77. The molecule has 156 valence electrons. The van der Waals surface area contributed by atoms with E-state index in [9.17, 15) is 9.59 Å². The summed E-state index contributed by atoms with van der Waals surface area (Å²) in [7, 11) is 1.59. The highest BCUT2D eigenvalue weighted by Gasteiger charge is 2.21. The van der Waals surface area contributed by atoms with E-state index in [0.717, 1.165) is 17.7 Å². The monoisotopic (exact) mass is 407 g/mol. The van der Waals surface area contributed by atoms with Gasteiger partial charge in [0.2, 0.25) is 0 Å². The average molecular weight is 407 g/mol. The summed E-state index contributed by atoms with van der Waals surface area (Å²) in [6.07, 6.45) is 2.41. The van der Waals surface area contributed by atoms with Crippen molar-refractivity contribution < 1.29 is 19.1 Å². The third-order valence-corrected chi connectivity index (χ3v) is 4.67. The minimum Gasteiger partial charge on any atom is -0.497 e. The van der Waals surface area contributed by atoms with Gasteiger partial charge in [-0.05, 0) is 49.7 Å². The number of nitrogens with one attached hydrogen (secondary N) is 1. The summed E-state index contributed by atoms with van der Waals surface area (Å²) in [6.45, 7) is 3.52. The van der Waals surface area contributed by atoms with Gasteiger partial charge in [0.05, 0.1) is 12.8 Å². The van der Waals surface area contributed by atoms with Crippen LogP contribution in [-0.4, -0.2) is 41.4 Å². The number of nitrogens with zero attached hydrogens (tertiary/aromatic N) is 2. The van der Waals surface area contributed by atoms with Gasteiger partial charge in [-0.15, -0.1) is 0 Å². The van der Waals surface area contributed by atoms with E-state index in [-0.39, 0.29) is 24.1 Å². The molecule has 3 rings (SSSR count). The zero-order valence-corrected chi connectivity index (χ0v) is 17.3. The van der Waals surface area contributed by atoms with Crippen molar-refractivity contribution >= 4 is 11.9 Å². The molecular weight excluding hydrogens is 382 g/mol. The number of carbonyl (C=O) groups excluding carboxylic acids is 2. The van der Waals surface area contributed by atoms with Crippen LogP contribution < -0.4 is 10.1 Å². The van der Waals surface area contributed by atoms with Crippen LogP contribution in [0.3, 0.4) is 0 Å². The van der Waals surface area contributed by atoms with Crippen LogP contribution in [0.4, 0.5) is 0 Å². The molecule has 7 nitrogen and oxygen atoms in total. The number of para-hydroxylation sites is 1. The molecule has 1 unspecified atom stereocenters. The lowest BCUT2D eigenvalue weighted by atomic mass is 10.1. The number of hydrogen-bond acceptors (Lipinski definition) is 5. The Morgan fingerprint density at radius 1 is 1.10 bits per heavy atom. The maximum absolute atomic E-state index is 12.8. The number of hydrogen-bond donors (Lipinski definition) is 1. The molecule has 0 saturated carbocycles. The van der Waals surface area contributed by atoms with E-state index in [2.05, 4.69) is 10.4 Å². The number of aromatic nitrogens is 2. The summed E-state index contributed by atoms with van der Waals surface area (Å²) >= 11 is 0. The standard InChI is InChI=1S/C23H25N3O4/c1-4-16(2)24-21(27)15-30-23(28)20-14-26(18-8-6-5-7-9-18)25-22(20)17-10-12-19(29-3)13-11-17/h5-14,16H,4,15H2,1-3H3,(H,24,27). The second-order valence-electron chi connectivity index (χ2n) is 6.85. The van der Waals surface area contributed by atoms with Crippen molar-refractivity contribution in [3.8, 4) is 22.7 Å². The Morgan fingerprint density at radius 2 is 1.80 bits per heavy atom. The fourth-order valence-corrected chi connectivity index (χ4v) is 2.83. The Kier molecular flexibility index (Phi) is 6.85. The summed E-state index contributed by atoms with van der Waals surface area (Å²) < 4.78 is 12.1. The first kappa shape index (κ1) is 21.1. The smallest absolute Gasteiger partial charge is 0.342 e. The molecule has 0 radical (unpaired) electrons. The zero-order chi connectivity index (χ0) is 21.5. The number of esters is 1. The molecule has 0 aliphatic rings. The van der Waals surface area contributed by atoms with Crippen molar-refractivity contribution in [2.75, 3.05) is 13.7 Å². The lowest BCUT2D eigenvalue weighted by molar-refractivity contribution is -0.124. The maximum atomic E-state index is 12.8. The highest BCUT2D eigenvalue weighted by molar-refractivity contribution is 5.97. The Hall–Kier alpha value is -3.61. The molecule has 1 heterocycles. The van der Waals surface area contributed by atoms with Crippen molar-refractivity contribution in [3.63, 3.8) is 0 Å². The third-order valence-electron chi connectivity index (χ3n) is 4.67. The number of ether oxygens (including phenoxy) is 2. The average Bonchev–Trinajstić information content (AvgIpc) is 3.23. The summed E-state index contributed by atoms with van der Waals surface area (Å²) in [6, 6.07) is 16.7. The predicted molar refractivity (Wildman–Crippen MR) is 114 cm³/mol. The number of benzene rings is 2. The van der Waals surface area contributed by atoms with Gasteiger partial charge >= 0.3 is 5.97 Å². The zero-order valence-electron chi connectivity index (χ0n) is 17.3. The number of carbonyl (C=O) groups is 2. The lowest BCUT2D eigenvalue weighted by Crippen LogP contribution is -2.35. The van der Waals surface area contributed by atoms with Gasteiger partial charge in [0.25, 0.3) is 5.91 Å². The minimum absolute atomic E-state index is 0.0203. The molecule has 0 saturated heterocycles. The molecule has 2 aromatic carbocycles. The molecule has 0 aliphatic heterocycles. The van der Waals surface area contributed by atoms with E-state index in [4.69, 9.17) is 9.47 Å². The van der Waals surface area contributed by atoms with Crippen LogP contribution in [0.25, 0.3) is 16.9 Å². The molecule has 1 aromatic heterocycles. The van der Waals surface area contributed by atoms with Crippen molar-refractivity contribution in [1.82, 2.24) is 15.1 Å². The van der Waals surface area contributed by atoms with E-state index in [0.29, 0.717) is 11.4 Å². The molecule has 0 fully saturated rings. The number of methoxy groups -OCH3 is 1. The van der Waals surface area contributed by atoms with Crippen LogP contribution in [-0.2, 0) is 9.53 Å². The molecule has 7 heteroatoms. The van der Waals surface area contributed by atoms with Crippen LogP contribution in [0, 0.1) is 0 Å². The van der Waals surface area contributed by atoms with Crippen LogP contribution in [0.15, 0.2) is 60.8 Å². The Balaban J connectivity index is 1.88. The van der Waals surface area contributed by atoms with Gasteiger partial charge in [-0.2, -0.15) is 5.10 Å². The molecule has 1 atom stereocenters. The molecule has 3 aromatic rings. The third kappa shape index (κ3) is 5.05. The van der Waals surface area contributed by atoms with Crippen LogP contribution in [0.5, 0.6) is 5.75 Å². The summed E-state index contributed by atoms with van der Waals surface area (Å²) in [5.41, 5.74) is 2.29. The maximum Gasteiger partial charge on any atom is 0.342 e. The fourth-order valence-electron chi connectivity index (χ4n) is 2.83. The SMILES string of the molecule is CCC(C)NC(=O)COC(=O)c1cn(-c2ccccc2)nc1-c1ccc(OC)cc1. The molecule has 0 spiro atoms. The van der Waals surface area contributed by atoms with Crippen LogP contribution >= 0.6 is 0 Å². The Morgan fingerprint density at radius 3 is 2.43 bits per heavy atom. The van der Waals surface area contributed by atoms with Gasteiger partial charge in [0.1, 0.15) is 17.0 Å². The number of rotatable bonds is 8. The summed E-state index contributed by atoms with van der Waals surface area (Å²) in [5.74, 6) is -0.242. The lowest BCUT2D eigenvalue weighted by Gasteiger charge is -2.11. The second kappa shape index (κ2) is 9.73.